The van der Waals surface area contributed by atoms with Crippen molar-refractivity contribution in [3.63, 3.8) is 0 Å². The van der Waals surface area contributed by atoms with Crippen LogP contribution in [0.2, 0.25) is 5.02 Å². The Hall–Kier alpha value is -1.44. The van der Waals surface area contributed by atoms with Crippen LogP contribution in [0, 0.1) is 10.2 Å². The van der Waals surface area contributed by atoms with Gasteiger partial charge in [-0.05, 0) is 28.8 Å². The van der Waals surface area contributed by atoms with Gasteiger partial charge >= 0.3 is 0 Å². The smallest absolute Gasteiger partial charge is 0.164 e. The fraction of sp³-hybridized carbons (Fsp3) is 0.118. The Labute approximate surface area is 158 Å². The van der Waals surface area contributed by atoms with Crippen molar-refractivity contribution < 1.29 is 33.5 Å². The normalized spacial score (nSPS) is 11.4. The third kappa shape index (κ3) is 9.57. The Morgan fingerprint density at radius 3 is 1.68 bits per heavy atom. The molecule has 0 aromatic heterocycles. The first-order valence-corrected chi connectivity index (χ1v) is 8.90. The maximum atomic E-state index is 8.49. The predicted octanol–water partition coefficient (Wildman–Crippen LogP) is 0.174. The summed E-state index contributed by atoms with van der Waals surface area (Å²) >= 11 is 12.1. The van der Waals surface area contributed by atoms with Gasteiger partial charge in [0.15, 0.2) is 6.21 Å². The molecule has 0 fully saturated rings. The van der Waals surface area contributed by atoms with Crippen LogP contribution in [0.4, 0.5) is 0 Å². The molecular weight excluding hydrogens is 389 g/mol. The molecule has 0 bridgehead atoms. The van der Waals surface area contributed by atoms with Gasteiger partial charge in [-0.25, -0.2) is 23.2 Å². The minimum absolute atomic E-state index is 0.723. The van der Waals surface area contributed by atoms with E-state index < -0.39 is 10.2 Å². The van der Waals surface area contributed by atoms with E-state index in [0.717, 1.165) is 26.7 Å². The van der Waals surface area contributed by atoms with Gasteiger partial charge in [0.25, 0.3) is 0 Å². The van der Waals surface area contributed by atoms with E-state index in [2.05, 4.69) is 12.1 Å². The molecule has 0 saturated carbocycles. The molecule has 8 heteroatoms. The first kappa shape index (κ1) is 21.6. The maximum absolute atomic E-state index is 8.49. The van der Waals surface area contributed by atoms with Crippen molar-refractivity contribution in [2.75, 3.05) is 14.1 Å². The molecule has 2 aromatic carbocycles. The van der Waals surface area contributed by atoms with E-state index in [1.54, 1.807) is 0 Å². The van der Waals surface area contributed by atoms with Gasteiger partial charge in [-0.3, -0.25) is 0 Å². The van der Waals surface area contributed by atoms with Gasteiger partial charge in [-0.1, -0.05) is 59.6 Å². The van der Waals surface area contributed by atoms with Gasteiger partial charge < -0.3 is 0 Å². The molecule has 0 atom stereocenters. The zero-order valence-corrected chi connectivity index (χ0v) is 15.8. The molecule has 0 N–H and O–H groups in total. The van der Waals surface area contributed by atoms with Crippen molar-refractivity contribution in [1.29, 1.82) is 0 Å². The molecule has 0 radical (unpaired) electrons. The lowest BCUT2D eigenvalue weighted by molar-refractivity contribution is -2.00. The number of hydrogen-bond acceptors (Lipinski definition) is 4. The Morgan fingerprint density at radius 1 is 0.880 bits per heavy atom. The Bertz CT molecular complexity index is 726. The van der Waals surface area contributed by atoms with Crippen molar-refractivity contribution >= 4 is 34.4 Å². The number of benzene rings is 2. The highest BCUT2D eigenvalue weighted by atomic mass is 35.7. The highest BCUT2D eigenvalue weighted by Crippen LogP contribution is 2.25. The van der Waals surface area contributed by atoms with Crippen molar-refractivity contribution in [2.24, 2.45) is 0 Å². The summed E-state index contributed by atoms with van der Waals surface area (Å²) in [6, 6.07) is 16.0. The summed E-state index contributed by atoms with van der Waals surface area (Å²) < 4.78 is 35.9. The second-order valence-electron chi connectivity index (χ2n) is 5.09. The Kier molecular flexibility index (Phi) is 8.55. The van der Waals surface area contributed by atoms with E-state index in [0.29, 0.717) is 0 Å². The van der Waals surface area contributed by atoms with Gasteiger partial charge in [-0.15, -0.1) is 10.2 Å². The molecule has 0 aliphatic rings. The largest absolute Gasteiger partial charge is 0.241 e. The lowest BCUT2D eigenvalue weighted by Crippen LogP contribution is -2.68. The number of hydrogen-bond donors (Lipinski definition) is 0. The molecule has 2 aromatic rings. The summed E-state index contributed by atoms with van der Waals surface area (Å²) in [6.45, 7) is 0. The van der Waals surface area contributed by atoms with Crippen LogP contribution in [0.3, 0.4) is 0 Å². The van der Waals surface area contributed by atoms with E-state index in [1.807, 2.05) is 67.4 Å². The van der Waals surface area contributed by atoms with Crippen LogP contribution in [-0.2, 0) is 0 Å². The summed E-state index contributed by atoms with van der Waals surface area (Å²) in [7, 11) is -1.02. The maximum Gasteiger partial charge on any atom is 0.164 e. The number of rotatable bonds is 3. The number of halogens is 3. The molecule has 0 aliphatic carbocycles. The molecule has 0 unspecified atom stereocenters. The van der Waals surface area contributed by atoms with Crippen LogP contribution in [0.1, 0.15) is 5.56 Å². The average Bonchev–Trinajstić information content (AvgIpc) is 2.52. The zero-order valence-electron chi connectivity index (χ0n) is 13.5. The molecule has 0 saturated heterocycles. The second kappa shape index (κ2) is 9.89. The Morgan fingerprint density at radius 2 is 1.28 bits per heavy atom. The highest BCUT2D eigenvalue weighted by Gasteiger charge is 2.01. The molecular formula is C17H16Cl3NO4. The summed E-state index contributed by atoms with van der Waals surface area (Å²) in [4.78, 5) is 0. The minimum Gasteiger partial charge on any atom is -0.241 e. The summed E-state index contributed by atoms with van der Waals surface area (Å²) in [6.07, 6.45) is 3.81. The van der Waals surface area contributed by atoms with Crippen LogP contribution >= 0.6 is 23.2 Å². The monoisotopic (exact) mass is 403 g/mol. The third-order valence-corrected chi connectivity index (χ3v) is 3.45. The molecule has 5 nitrogen and oxygen atoms in total. The van der Waals surface area contributed by atoms with Crippen molar-refractivity contribution in [3.05, 3.63) is 65.2 Å². The average molecular weight is 405 g/mol. The van der Waals surface area contributed by atoms with Crippen molar-refractivity contribution in [3.8, 4) is 11.1 Å². The van der Waals surface area contributed by atoms with E-state index in [-0.39, 0.29) is 0 Å². The molecule has 0 heterocycles. The number of allylic oxidation sites excluding steroid dienone is 1. The van der Waals surface area contributed by atoms with Gasteiger partial charge in [0.05, 0.1) is 5.03 Å². The Balaban J connectivity index is 0.000000550. The fourth-order valence-electron chi connectivity index (χ4n) is 1.77. The predicted molar refractivity (Wildman–Crippen MR) is 88.9 cm³/mol. The van der Waals surface area contributed by atoms with E-state index >= 15 is 0 Å². The SMILES string of the molecule is C[N+](C)=C/C=C(\Cl)c1ccc(-c2ccc(Cl)cc2)cc1.[O-][Cl+3]([O-])([O-])[O-]. The molecule has 134 valence electrons. The minimum atomic E-state index is -4.94. The van der Waals surface area contributed by atoms with E-state index in [1.165, 1.54) is 0 Å². The lowest BCUT2D eigenvalue weighted by Gasteiger charge is -2.17. The highest BCUT2D eigenvalue weighted by molar-refractivity contribution is 6.49. The van der Waals surface area contributed by atoms with Gasteiger partial charge in [0.2, 0.25) is 0 Å². The van der Waals surface area contributed by atoms with Gasteiger partial charge in [0, 0.05) is 11.1 Å². The lowest BCUT2D eigenvalue weighted by atomic mass is 10.0. The summed E-state index contributed by atoms with van der Waals surface area (Å²) in [5.74, 6) is 0. The van der Waals surface area contributed by atoms with Crippen molar-refractivity contribution in [1.82, 2.24) is 0 Å². The van der Waals surface area contributed by atoms with Crippen LogP contribution in [0.5, 0.6) is 0 Å². The van der Waals surface area contributed by atoms with E-state index in [9.17, 15) is 0 Å². The molecule has 2 rings (SSSR count). The standard InChI is InChI=1S/C17H16Cl2N.ClHO4/c1-20(2)12-11-17(19)15-5-3-13(4-6-15)14-7-9-16(18)10-8-14;2-1(3,4)5/h3-12H,1-2H3;(H,2,3,4,5)/q+1;/p-1/b17-11-;. The van der Waals surface area contributed by atoms with Crippen LogP contribution < -0.4 is 18.6 Å². The van der Waals surface area contributed by atoms with E-state index in [4.69, 9.17) is 41.8 Å². The van der Waals surface area contributed by atoms with Crippen LogP contribution in [0.15, 0.2) is 54.6 Å². The molecule has 0 spiro atoms. The summed E-state index contributed by atoms with van der Waals surface area (Å²) in [5, 5.41) is 1.47. The fourth-order valence-corrected chi connectivity index (χ4v) is 2.08. The third-order valence-electron chi connectivity index (χ3n) is 2.86. The quantitative estimate of drug-likeness (QED) is 0.538. The van der Waals surface area contributed by atoms with Gasteiger partial charge in [-0.2, -0.15) is 0 Å². The molecule has 25 heavy (non-hydrogen) atoms. The first-order chi connectivity index (χ1) is 11.6. The van der Waals surface area contributed by atoms with Crippen LogP contribution in [0.25, 0.3) is 16.2 Å². The summed E-state index contributed by atoms with van der Waals surface area (Å²) in [5.41, 5.74) is 3.29. The topological polar surface area (TPSA) is 95.2 Å². The molecule has 0 amide bonds. The van der Waals surface area contributed by atoms with Gasteiger partial charge in [0.1, 0.15) is 14.1 Å². The van der Waals surface area contributed by atoms with Crippen molar-refractivity contribution in [2.45, 2.75) is 0 Å². The molecule has 0 aliphatic heterocycles. The van der Waals surface area contributed by atoms with Crippen LogP contribution in [-0.4, -0.2) is 24.9 Å². The number of nitrogens with zero attached hydrogens (tertiary/aromatic N) is 1. The zero-order chi connectivity index (χ0) is 19.0. The first-order valence-electron chi connectivity index (χ1n) is 6.91. The second-order valence-corrected chi connectivity index (χ2v) is 6.69.